The molecule has 5 aromatic heterocycles. The lowest BCUT2D eigenvalue weighted by Crippen LogP contribution is -2.51. The van der Waals surface area contributed by atoms with Crippen LogP contribution in [0.2, 0.25) is 0 Å². The molecular formula is C28H30N10O2. The molecule has 204 valence electrons. The zero-order chi connectivity index (χ0) is 27.8. The normalized spacial score (nSPS) is 13.7. The summed E-state index contributed by atoms with van der Waals surface area (Å²) in [5.41, 5.74) is 10.2. The minimum absolute atomic E-state index is 0.0122. The number of fused-ring (bicyclic) bond motifs is 1. The topological polar surface area (TPSA) is 144 Å². The fraction of sp³-hybridized carbons (Fsp3) is 0.286. The van der Waals surface area contributed by atoms with E-state index < -0.39 is 5.91 Å². The molecule has 1 amide bonds. The third kappa shape index (κ3) is 4.96. The van der Waals surface area contributed by atoms with E-state index in [1.807, 2.05) is 47.9 Å². The predicted molar refractivity (Wildman–Crippen MR) is 151 cm³/mol. The largest absolute Gasteiger partial charge is 0.443 e. The maximum Gasteiger partial charge on any atom is 0.274 e. The van der Waals surface area contributed by atoms with Crippen LogP contribution in [0.1, 0.15) is 21.9 Å². The molecule has 0 bridgehead atoms. The molecule has 6 rings (SSSR count). The van der Waals surface area contributed by atoms with Crippen LogP contribution in [0.4, 0.5) is 11.6 Å². The summed E-state index contributed by atoms with van der Waals surface area (Å²) in [6.45, 7) is 5.18. The fourth-order valence-corrected chi connectivity index (χ4v) is 4.93. The Labute approximate surface area is 230 Å². The van der Waals surface area contributed by atoms with Crippen molar-refractivity contribution < 1.29 is 9.21 Å². The van der Waals surface area contributed by atoms with Crippen LogP contribution in [0.25, 0.3) is 28.5 Å². The van der Waals surface area contributed by atoms with E-state index in [1.54, 1.807) is 6.20 Å². The number of oxazole rings is 1. The van der Waals surface area contributed by atoms with Crippen molar-refractivity contribution in [2.45, 2.75) is 13.5 Å². The van der Waals surface area contributed by atoms with Crippen LogP contribution < -0.4 is 16.0 Å². The minimum Gasteiger partial charge on any atom is -0.443 e. The summed E-state index contributed by atoms with van der Waals surface area (Å²) in [5, 5.41) is 2.90. The molecule has 0 atom stereocenters. The molecule has 0 aromatic carbocycles. The lowest BCUT2D eigenvalue weighted by atomic mass is 10.00. The van der Waals surface area contributed by atoms with Gasteiger partial charge in [0.25, 0.3) is 5.91 Å². The predicted octanol–water partition coefficient (Wildman–Crippen LogP) is 2.66. The number of nitrogen functional groups attached to an aromatic ring is 1. The first-order valence-corrected chi connectivity index (χ1v) is 13.0. The molecule has 6 heterocycles. The van der Waals surface area contributed by atoms with Crippen molar-refractivity contribution in [3.8, 4) is 22.8 Å². The minimum atomic E-state index is -0.452. The maximum absolute atomic E-state index is 13.3. The number of aryl methyl sites for hydroxylation is 1. The van der Waals surface area contributed by atoms with Crippen molar-refractivity contribution in [1.82, 2.24) is 39.5 Å². The highest BCUT2D eigenvalue weighted by molar-refractivity contribution is 5.97. The second-order valence-electron chi connectivity index (χ2n) is 10.2. The number of anilines is 2. The van der Waals surface area contributed by atoms with Gasteiger partial charge in [-0.3, -0.25) is 4.79 Å². The third-order valence-electron chi connectivity index (χ3n) is 6.86. The molecule has 12 heteroatoms. The van der Waals surface area contributed by atoms with Gasteiger partial charge in [-0.15, -0.1) is 0 Å². The van der Waals surface area contributed by atoms with Crippen molar-refractivity contribution in [2.24, 2.45) is 5.92 Å². The van der Waals surface area contributed by atoms with Crippen LogP contribution in [-0.4, -0.2) is 73.9 Å². The van der Waals surface area contributed by atoms with E-state index in [2.05, 4.69) is 49.1 Å². The van der Waals surface area contributed by atoms with Gasteiger partial charge in [0.1, 0.15) is 23.4 Å². The standard InChI is InChI=1S/C28H30N10O2/c1-17-11-31-21-8-7-19(16-38(17)21)23-24(28-30-9-10-40-28)35-26(29)25(34-23)27(39)32-12-20-5-4-6-22(33-20)37-14-18(15-37)13-36(2)3/h4-11,16,18H,12-15H2,1-3H3,(H2,29,35)(H,32,39). The van der Waals surface area contributed by atoms with Crippen molar-refractivity contribution in [3.05, 3.63) is 72.3 Å². The number of rotatable bonds is 8. The number of nitrogens with one attached hydrogen (secondary N) is 1. The summed E-state index contributed by atoms with van der Waals surface area (Å²) in [4.78, 5) is 40.2. The number of aromatic nitrogens is 6. The highest BCUT2D eigenvalue weighted by atomic mass is 16.3. The highest BCUT2D eigenvalue weighted by Gasteiger charge is 2.28. The summed E-state index contributed by atoms with van der Waals surface area (Å²) >= 11 is 0. The Hall–Kier alpha value is -4.84. The van der Waals surface area contributed by atoms with Gasteiger partial charge >= 0.3 is 0 Å². The Morgan fingerprint density at radius 3 is 2.75 bits per heavy atom. The van der Waals surface area contributed by atoms with Crippen molar-refractivity contribution in [1.29, 1.82) is 0 Å². The molecule has 0 unspecified atom stereocenters. The molecule has 0 aliphatic carbocycles. The van der Waals surface area contributed by atoms with Crippen molar-refractivity contribution in [3.63, 3.8) is 0 Å². The van der Waals surface area contributed by atoms with Gasteiger partial charge in [-0.2, -0.15) is 0 Å². The zero-order valence-corrected chi connectivity index (χ0v) is 22.6. The Morgan fingerprint density at radius 2 is 1.98 bits per heavy atom. The van der Waals surface area contributed by atoms with E-state index in [4.69, 9.17) is 15.1 Å². The molecule has 1 aliphatic rings. The molecule has 1 saturated heterocycles. The number of imidazole rings is 1. The number of pyridine rings is 2. The van der Waals surface area contributed by atoms with Crippen molar-refractivity contribution in [2.75, 3.05) is 44.4 Å². The van der Waals surface area contributed by atoms with Gasteiger partial charge in [-0.25, -0.2) is 24.9 Å². The van der Waals surface area contributed by atoms with Crippen molar-refractivity contribution >= 4 is 23.2 Å². The van der Waals surface area contributed by atoms with Gasteiger partial charge in [0.05, 0.1) is 18.4 Å². The first-order chi connectivity index (χ1) is 19.4. The smallest absolute Gasteiger partial charge is 0.274 e. The first kappa shape index (κ1) is 25.4. The Kier molecular flexibility index (Phi) is 6.60. The second kappa shape index (κ2) is 10.4. The summed E-state index contributed by atoms with van der Waals surface area (Å²) in [7, 11) is 4.18. The van der Waals surface area contributed by atoms with Crippen LogP contribution in [-0.2, 0) is 6.54 Å². The van der Waals surface area contributed by atoms with E-state index in [9.17, 15) is 4.79 Å². The van der Waals surface area contributed by atoms with Gasteiger partial charge < -0.3 is 29.7 Å². The molecular weight excluding hydrogens is 508 g/mol. The fourth-order valence-electron chi connectivity index (χ4n) is 4.93. The molecule has 3 N–H and O–H groups in total. The molecule has 5 aromatic rings. The van der Waals surface area contributed by atoms with E-state index in [1.165, 1.54) is 12.5 Å². The summed E-state index contributed by atoms with van der Waals surface area (Å²) < 4.78 is 7.44. The lowest BCUT2D eigenvalue weighted by molar-refractivity contribution is 0.0946. The van der Waals surface area contributed by atoms with Gasteiger partial charge in [-0.1, -0.05) is 6.07 Å². The van der Waals surface area contributed by atoms with Gasteiger partial charge in [-0.05, 0) is 45.3 Å². The molecule has 40 heavy (non-hydrogen) atoms. The number of hydrogen-bond acceptors (Lipinski definition) is 10. The Bertz CT molecular complexity index is 1670. The molecule has 0 saturated carbocycles. The number of carbonyl (C=O) groups excluding carboxylic acids is 1. The van der Waals surface area contributed by atoms with Crippen LogP contribution in [0, 0.1) is 12.8 Å². The van der Waals surface area contributed by atoms with Gasteiger partial charge in [0, 0.05) is 49.2 Å². The summed E-state index contributed by atoms with van der Waals surface area (Å²) in [6.07, 6.45) is 6.64. The Balaban J connectivity index is 1.24. The SMILES string of the molecule is Cc1cnc2ccc(-c3nc(C(=O)NCc4cccc(N5CC(CN(C)C)C5)n4)c(N)nc3-c3ncco3)cn12. The quantitative estimate of drug-likeness (QED) is 0.303. The molecule has 1 aliphatic heterocycles. The van der Waals surface area contributed by atoms with E-state index in [0.717, 1.165) is 42.5 Å². The molecule has 0 spiro atoms. The lowest BCUT2D eigenvalue weighted by Gasteiger charge is -2.41. The summed E-state index contributed by atoms with van der Waals surface area (Å²) in [5.74, 6) is 1.32. The summed E-state index contributed by atoms with van der Waals surface area (Å²) in [6, 6.07) is 9.57. The van der Waals surface area contributed by atoms with E-state index in [0.29, 0.717) is 22.9 Å². The van der Waals surface area contributed by atoms with Crippen LogP contribution in [0.3, 0.4) is 0 Å². The second-order valence-corrected chi connectivity index (χ2v) is 10.2. The Morgan fingerprint density at radius 1 is 1.12 bits per heavy atom. The molecule has 0 radical (unpaired) electrons. The monoisotopic (exact) mass is 538 g/mol. The zero-order valence-electron chi connectivity index (χ0n) is 22.6. The third-order valence-corrected chi connectivity index (χ3v) is 6.86. The maximum atomic E-state index is 13.3. The number of amides is 1. The van der Waals surface area contributed by atoms with Crippen LogP contribution in [0.5, 0.6) is 0 Å². The number of nitrogens with zero attached hydrogens (tertiary/aromatic N) is 8. The first-order valence-electron chi connectivity index (χ1n) is 13.0. The number of hydrogen-bond donors (Lipinski definition) is 2. The molecule has 1 fully saturated rings. The average molecular weight is 539 g/mol. The van der Waals surface area contributed by atoms with Crippen LogP contribution in [0.15, 0.2) is 59.6 Å². The van der Waals surface area contributed by atoms with Crippen LogP contribution >= 0.6 is 0 Å². The number of carbonyl (C=O) groups is 1. The highest BCUT2D eigenvalue weighted by Crippen LogP contribution is 2.30. The van der Waals surface area contributed by atoms with Gasteiger partial charge in [0.15, 0.2) is 17.2 Å². The molecule has 12 nitrogen and oxygen atoms in total. The van der Waals surface area contributed by atoms with Gasteiger partial charge in [0.2, 0.25) is 5.89 Å². The number of nitrogens with two attached hydrogens (primary N) is 1. The van der Waals surface area contributed by atoms with E-state index >= 15 is 0 Å². The van der Waals surface area contributed by atoms with E-state index in [-0.39, 0.29) is 23.9 Å². The average Bonchev–Trinajstić information content (AvgIpc) is 3.59.